The topological polar surface area (TPSA) is 74.3 Å². The molecule has 24 heavy (non-hydrogen) atoms. The van der Waals surface area contributed by atoms with Crippen LogP contribution in [0.1, 0.15) is 22.9 Å². The van der Waals surface area contributed by atoms with Crippen molar-refractivity contribution >= 4 is 11.7 Å². The van der Waals surface area contributed by atoms with Crippen molar-refractivity contribution in [3.8, 4) is 0 Å². The number of pyridine rings is 1. The molecule has 2 aromatic rings. The molecule has 2 atom stereocenters. The summed E-state index contributed by atoms with van der Waals surface area (Å²) in [5.41, 5.74) is 1.72. The van der Waals surface area contributed by atoms with Crippen molar-refractivity contribution in [1.29, 1.82) is 5.41 Å². The van der Waals surface area contributed by atoms with Gasteiger partial charge in [-0.25, -0.2) is 0 Å². The molecule has 2 aromatic heterocycles. The highest BCUT2D eigenvalue weighted by atomic mass is 16.3. The van der Waals surface area contributed by atoms with Gasteiger partial charge in [0, 0.05) is 12.6 Å². The normalized spacial score (nSPS) is 23.2. The van der Waals surface area contributed by atoms with Crippen LogP contribution in [0.15, 0.2) is 58.0 Å². The quantitative estimate of drug-likeness (QED) is 0.890. The molecule has 2 aliphatic heterocycles. The Balaban J connectivity index is 1.58. The van der Waals surface area contributed by atoms with Crippen LogP contribution >= 0.6 is 0 Å². The fraction of sp³-hybridized carbons (Fsp3) is 0.222. The van der Waals surface area contributed by atoms with Crippen molar-refractivity contribution in [2.24, 2.45) is 0 Å². The number of nitrogens with one attached hydrogen (secondary N) is 2. The van der Waals surface area contributed by atoms with E-state index < -0.39 is 0 Å². The van der Waals surface area contributed by atoms with E-state index in [1.807, 2.05) is 35.3 Å². The van der Waals surface area contributed by atoms with Gasteiger partial charge in [0.1, 0.15) is 17.4 Å². The van der Waals surface area contributed by atoms with E-state index in [4.69, 9.17) is 9.83 Å². The van der Waals surface area contributed by atoms with Crippen LogP contribution in [0.5, 0.6) is 0 Å². The van der Waals surface area contributed by atoms with E-state index in [2.05, 4.69) is 11.4 Å². The molecule has 0 unspecified atom stereocenters. The fourth-order valence-corrected chi connectivity index (χ4v) is 3.80. The summed E-state index contributed by atoms with van der Waals surface area (Å²) in [5, 5.41) is 12.0. The van der Waals surface area contributed by atoms with E-state index in [1.165, 1.54) is 0 Å². The van der Waals surface area contributed by atoms with Gasteiger partial charge in [-0.15, -0.1) is 0 Å². The summed E-state index contributed by atoms with van der Waals surface area (Å²) in [5.74, 6) is 2.01. The number of allylic oxidation sites excluding steroid dienone is 2. The first-order valence-electron chi connectivity index (χ1n) is 7.98. The van der Waals surface area contributed by atoms with Crippen molar-refractivity contribution in [3.05, 3.63) is 76.0 Å². The highest BCUT2D eigenvalue weighted by Gasteiger charge is 2.37. The fourth-order valence-electron chi connectivity index (χ4n) is 3.80. The van der Waals surface area contributed by atoms with E-state index in [1.54, 1.807) is 16.9 Å². The molecule has 0 saturated heterocycles. The van der Waals surface area contributed by atoms with Crippen LogP contribution in [-0.4, -0.2) is 21.3 Å². The van der Waals surface area contributed by atoms with Crippen LogP contribution in [0.2, 0.25) is 0 Å². The highest BCUT2D eigenvalue weighted by molar-refractivity contribution is 6.04. The Morgan fingerprint density at radius 3 is 3.04 bits per heavy atom. The van der Waals surface area contributed by atoms with Gasteiger partial charge < -0.3 is 14.6 Å². The van der Waals surface area contributed by atoms with Crippen LogP contribution in [-0.2, 0) is 13.1 Å². The van der Waals surface area contributed by atoms with Gasteiger partial charge in [0.25, 0.3) is 5.56 Å². The number of fused-ring (bicyclic) bond motifs is 5. The Morgan fingerprint density at radius 1 is 1.33 bits per heavy atom. The van der Waals surface area contributed by atoms with E-state index in [9.17, 15) is 4.79 Å². The number of anilines is 1. The first kappa shape index (κ1) is 13.4. The van der Waals surface area contributed by atoms with Crippen LogP contribution in [0.4, 0.5) is 5.82 Å². The third-order valence-electron chi connectivity index (χ3n) is 4.88. The van der Waals surface area contributed by atoms with Crippen molar-refractivity contribution in [1.82, 2.24) is 9.47 Å². The van der Waals surface area contributed by atoms with Crippen molar-refractivity contribution in [2.75, 3.05) is 5.32 Å². The second-order valence-corrected chi connectivity index (χ2v) is 6.32. The number of amidine groups is 1. The molecular formula is C18H16N4O2. The van der Waals surface area contributed by atoms with Crippen LogP contribution in [0.25, 0.3) is 0 Å². The molecular weight excluding hydrogens is 304 g/mol. The number of rotatable bonds is 2. The summed E-state index contributed by atoms with van der Waals surface area (Å²) >= 11 is 0. The molecule has 0 aromatic carbocycles. The third kappa shape index (κ3) is 1.76. The summed E-state index contributed by atoms with van der Waals surface area (Å²) in [4.78, 5) is 14.5. The summed E-state index contributed by atoms with van der Waals surface area (Å²) in [7, 11) is 0. The molecule has 3 aliphatic rings. The van der Waals surface area contributed by atoms with Gasteiger partial charge in [-0.3, -0.25) is 14.8 Å². The second-order valence-electron chi connectivity index (χ2n) is 6.32. The third-order valence-corrected chi connectivity index (χ3v) is 4.88. The molecule has 1 aliphatic carbocycles. The maximum atomic E-state index is 12.6. The molecule has 5 rings (SSSR count). The molecule has 6 heteroatoms. The van der Waals surface area contributed by atoms with Gasteiger partial charge in [-0.05, 0) is 17.7 Å². The number of furan rings is 1. The molecule has 0 spiro atoms. The van der Waals surface area contributed by atoms with Crippen LogP contribution in [0, 0.1) is 5.41 Å². The Kier molecular flexibility index (Phi) is 2.65. The SMILES string of the molecule is N=C1c2c(cc(=O)n3c2N[C@H]2C=CC=C[C@H]23)CN1Cc1ccco1. The Labute approximate surface area is 138 Å². The van der Waals surface area contributed by atoms with Crippen molar-refractivity contribution in [2.45, 2.75) is 25.2 Å². The van der Waals surface area contributed by atoms with Crippen LogP contribution in [0.3, 0.4) is 0 Å². The number of nitrogens with zero attached hydrogens (tertiary/aromatic N) is 2. The lowest BCUT2D eigenvalue weighted by Gasteiger charge is -2.16. The van der Waals surface area contributed by atoms with E-state index in [0.29, 0.717) is 18.9 Å². The van der Waals surface area contributed by atoms with E-state index in [-0.39, 0.29) is 17.6 Å². The zero-order chi connectivity index (χ0) is 16.3. The Hall–Kier alpha value is -3.02. The molecule has 0 fully saturated rings. The van der Waals surface area contributed by atoms with Crippen molar-refractivity contribution < 1.29 is 4.42 Å². The molecule has 120 valence electrons. The minimum Gasteiger partial charge on any atom is -0.467 e. The minimum absolute atomic E-state index is 0.0173. The standard InChI is InChI=1S/C18H16N4O2/c19-17-16-11(9-21(17)10-12-4-3-7-24-12)8-15(23)22-14-6-2-1-5-13(14)20-18(16)22/h1-8,13-14,19-20H,9-10H2/t13-,14+/m0/s1. The second kappa shape index (κ2) is 4.74. The first-order chi connectivity index (χ1) is 11.7. The van der Waals surface area contributed by atoms with Gasteiger partial charge in [0.05, 0.1) is 30.5 Å². The Bertz CT molecular complexity index is 952. The smallest absolute Gasteiger partial charge is 0.253 e. The lowest BCUT2D eigenvalue weighted by Crippen LogP contribution is -2.26. The minimum atomic E-state index is -0.0188. The van der Waals surface area contributed by atoms with Crippen molar-refractivity contribution in [3.63, 3.8) is 0 Å². The summed E-state index contributed by atoms with van der Waals surface area (Å²) in [6.07, 6.45) is 9.67. The molecule has 0 bridgehead atoms. The lowest BCUT2D eigenvalue weighted by atomic mass is 10.0. The first-order valence-corrected chi connectivity index (χ1v) is 7.98. The van der Waals surface area contributed by atoms with Gasteiger partial charge in [0.15, 0.2) is 0 Å². The lowest BCUT2D eigenvalue weighted by molar-refractivity contribution is 0.366. The molecule has 0 amide bonds. The maximum absolute atomic E-state index is 12.6. The van der Waals surface area contributed by atoms with Gasteiger partial charge in [-0.1, -0.05) is 24.3 Å². The zero-order valence-corrected chi connectivity index (χ0v) is 12.9. The summed E-state index contributed by atoms with van der Waals surface area (Å²) < 4.78 is 7.17. The molecule has 0 saturated carbocycles. The summed E-state index contributed by atoms with van der Waals surface area (Å²) in [6.45, 7) is 1.08. The van der Waals surface area contributed by atoms with Crippen LogP contribution < -0.4 is 10.9 Å². The maximum Gasteiger partial charge on any atom is 0.253 e. The monoisotopic (exact) mass is 320 g/mol. The largest absolute Gasteiger partial charge is 0.467 e. The van der Waals surface area contributed by atoms with Gasteiger partial charge in [0.2, 0.25) is 0 Å². The predicted octanol–water partition coefficient (Wildman–Crippen LogP) is 2.24. The van der Waals surface area contributed by atoms with E-state index in [0.717, 1.165) is 22.7 Å². The average Bonchev–Trinajstić information content (AvgIpc) is 3.26. The molecule has 2 N–H and O–H groups in total. The molecule has 4 heterocycles. The highest BCUT2D eigenvalue weighted by Crippen LogP contribution is 2.37. The van der Waals surface area contributed by atoms with Gasteiger partial charge in [-0.2, -0.15) is 0 Å². The van der Waals surface area contributed by atoms with E-state index >= 15 is 0 Å². The summed E-state index contributed by atoms with van der Waals surface area (Å²) in [6, 6.07) is 5.47. The van der Waals surface area contributed by atoms with Gasteiger partial charge >= 0.3 is 0 Å². The molecule has 6 nitrogen and oxygen atoms in total. The molecule has 0 radical (unpaired) electrons. The zero-order valence-electron chi connectivity index (χ0n) is 12.9. The number of aromatic nitrogens is 1. The average molecular weight is 320 g/mol. The number of hydrogen-bond acceptors (Lipinski definition) is 4. The Morgan fingerprint density at radius 2 is 2.21 bits per heavy atom. The number of hydrogen-bond donors (Lipinski definition) is 2. The predicted molar refractivity (Wildman–Crippen MR) is 90.2 cm³/mol.